The molecule has 16 heteroatoms. The molecule has 0 aliphatic heterocycles. The van der Waals surface area contributed by atoms with Crippen molar-refractivity contribution in [3.63, 3.8) is 0 Å². The van der Waals surface area contributed by atoms with Crippen LogP contribution in [0.5, 0.6) is 0 Å². The molecule has 0 aromatic heterocycles. The van der Waals surface area contributed by atoms with Crippen LogP contribution < -0.4 is 0 Å². The molecule has 0 bridgehead atoms. The third-order valence-electron chi connectivity index (χ3n) is 1.98. The molecule has 7 nitrogen and oxygen atoms in total. The normalized spacial score (nSPS) is 14.7. The minimum absolute atomic E-state index is 0.704. The first kappa shape index (κ1) is 21.1. The number of nitrogens with zero attached hydrogens (tertiary/aromatic N) is 1. The lowest BCUT2D eigenvalue weighted by Gasteiger charge is -2.08. The van der Waals surface area contributed by atoms with Crippen LogP contribution in [0.25, 0.3) is 0 Å². The van der Waals surface area contributed by atoms with Gasteiger partial charge in [-0.15, -0.1) is 0 Å². The van der Waals surface area contributed by atoms with Crippen molar-refractivity contribution in [3.8, 4) is 0 Å². The Bertz CT molecular complexity index is 711. The number of hydrogen-bond acceptors (Lipinski definition) is 6. The molecule has 0 atom stereocenters. The van der Waals surface area contributed by atoms with Crippen molar-refractivity contribution in [3.05, 3.63) is 0 Å². The maximum atomic E-state index is 12.3. The molecule has 0 aromatic rings. The van der Waals surface area contributed by atoms with Gasteiger partial charge in [-0.25, -0.2) is 8.42 Å². The van der Waals surface area contributed by atoms with Gasteiger partial charge in [-0.3, -0.25) is 0 Å². The molecule has 22 heavy (non-hydrogen) atoms. The monoisotopic (exact) mass is 400 g/mol. The number of alkyl halides is 6. The van der Waals surface area contributed by atoms with Crippen LogP contribution in [0.1, 0.15) is 6.92 Å². The van der Waals surface area contributed by atoms with E-state index < -0.39 is 62.0 Å². The summed E-state index contributed by atoms with van der Waals surface area (Å²) in [5, 5.41) is 0. The lowest BCUT2D eigenvalue weighted by atomic mass is 10.9. The summed E-state index contributed by atoms with van der Waals surface area (Å²) in [5.41, 5.74) is -12.8. The van der Waals surface area contributed by atoms with E-state index in [9.17, 15) is 51.6 Å². The van der Waals surface area contributed by atoms with Crippen LogP contribution in [0.3, 0.4) is 0 Å². The van der Waals surface area contributed by atoms with E-state index in [1.54, 1.807) is 0 Å². The molecule has 0 saturated carbocycles. The fraction of sp³-hybridized carbons (Fsp3) is 0.833. The highest BCUT2D eigenvalue weighted by Gasteiger charge is 2.66. The molecular formula is C6H8F6NO6S3+. The van der Waals surface area contributed by atoms with Crippen molar-refractivity contribution >= 4 is 36.1 Å². The van der Waals surface area contributed by atoms with Gasteiger partial charge in [0.05, 0.1) is 0 Å². The van der Waals surface area contributed by atoms with E-state index in [1.807, 2.05) is 0 Å². The molecule has 0 rings (SSSR count). The van der Waals surface area contributed by atoms with Crippen LogP contribution in [0.15, 0.2) is 0 Å². The van der Waals surface area contributed by atoms with E-state index in [1.165, 1.54) is 0 Å². The fourth-order valence-electron chi connectivity index (χ4n) is 0.822. The van der Waals surface area contributed by atoms with Gasteiger partial charge in [0.15, 0.2) is 16.1 Å². The quantitative estimate of drug-likeness (QED) is 0.371. The summed E-state index contributed by atoms with van der Waals surface area (Å²) in [4.78, 5) is 0. The molecule has 0 spiro atoms. The second kappa shape index (κ2) is 5.95. The average Bonchev–Trinajstić information content (AvgIpc) is 2.25. The Hall–Kier alpha value is -0.900. The largest absolute Gasteiger partial charge is 0.561 e. The van der Waals surface area contributed by atoms with Crippen LogP contribution in [-0.2, 0) is 29.9 Å². The molecule has 0 amide bonds. The van der Waals surface area contributed by atoms with Crippen LogP contribution >= 0.6 is 0 Å². The molecule has 0 aromatic carbocycles. The first-order valence-corrected chi connectivity index (χ1v) is 9.56. The molecule has 132 valence electrons. The van der Waals surface area contributed by atoms with Gasteiger partial charge in [0, 0.05) is 9.14 Å². The second-order valence-electron chi connectivity index (χ2n) is 3.51. The van der Waals surface area contributed by atoms with Gasteiger partial charge in [0.25, 0.3) is 0 Å². The molecule has 0 saturated heterocycles. The third kappa shape index (κ3) is 4.31. The summed E-state index contributed by atoms with van der Waals surface area (Å²) in [5.74, 6) is -2.43. The number of hydrogen-bond donors (Lipinski definition) is 0. The van der Waals surface area contributed by atoms with Crippen molar-refractivity contribution in [1.29, 1.82) is 0 Å². The maximum Gasteiger partial charge on any atom is 0.561 e. The fourth-order valence-corrected chi connectivity index (χ4v) is 4.11. The standard InChI is InChI=1S/C6H8F6NO6S3/c1-2-20(14,15)4-3-13(21(16,17)5(7,8)9)22(18,19)6(10,11)12/h3H,2,4H2,1H3/q+1. The SMILES string of the molecule is CCS(=O)(=O)CC=[N+](S(=O)(=O)C(F)(F)F)S(=O)(=O)C(F)(F)F. The number of sulfonamides is 2. The zero-order chi connectivity index (χ0) is 18.2. The highest BCUT2D eigenvalue weighted by molar-refractivity contribution is 7.98. The summed E-state index contributed by atoms with van der Waals surface area (Å²) >= 11 is 0. The summed E-state index contributed by atoms with van der Waals surface area (Å²) in [7, 11) is -18.3. The van der Waals surface area contributed by atoms with E-state index in [4.69, 9.17) is 0 Å². The highest BCUT2D eigenvalue weighted by atomic mass is 32.3. The van der Waals surface area contributed by atoms with Gasteiger partial charge in [0.1, 0.15) is 5.75 Å². The van der Waals surface area contributed by atoms with Crippen LogP contribution in [0.2, 0.25) is 0 Å². The lowest BCUT2D eigenvalue weighted by Crippen LogP contribution is -2.44. The van der Waals surface area contributed by atoms with Gasteiger partial charge < -0.3 is 0 Å². The number of rotatable bonds is 5. The minimum atomic E-state index is -7.00. The summed E-state index contributed by atoms with van der Waals surface area (Å²) in [6, 6.07) is 0. The molecular weight excluding hydrogens is 392 g/mol. The van der Waals surface area contributed by atoms with E-state index in [0.717, 1.165) is 6.92 Å². The second-order valence-corrected chi connectivity index (χ2v) is 9.75. The smallest absolute Gasteiger partial charge is 0.228 e. The summed E-state index contributed by atoms with van der Waals surface area (Å²) in [6.45, 7) is 0.962. The van der Waals surface area contributed by atoms with Crippen molar-refractivity contribution < 1.29 is 55.0 Å². The Labute approximate surface area is 121 Å². The van der Waals surface area contributed by atoms with Gasteiger partial charge in [-0.05, 0) is 0 Å². The van der Waals surface area contributed by atoms with E-state index >= 15 is 0 Å². The first-order valence-electron chi connectivity index (χ1n) is 4.86. The molecule has 0 fully saturated rings. The zero-order valence-corrected chi connectivity index (χ0v) is 12.8. The average molecular weight is 400 g/mol. The first-order chi connectivity index (χ1) is 9.40. The zero-order valence-electron chi connectivity index (χ0n) is 10.4. The Morgan fingerprint density at radius 3 is 1.36 bits per heavy atom. The van der Waals surface area contributed by atoms with Crippen molar-refractivity contribution in [2.24, 2.45) is 0 Å². The Morgan fingerprint density at radius 2 is 1.14 bits per heavy atom. The van der Waals surface area contributed by atoms with Gasteiger partial charge in [-0.2, -0.15) is 43.2 Å². The van der Waals surface area contributed by atoms with E-state index in [0.29, 0.717) is 0 Å². The predicted octanol–water partition coefficient (Wildman–Crippen LogP) is 0.204. The summed E-state index contributed by atoms with van der Waals surface area (Å²) in [6.07, 6.45) is -0.704. The van der Waals surface area contributed by atoms with E-state index in [2.05, 4.69) is 0 Å². The number of halogens is 6. The van der Waals surface area contributed by atoms with E-state index in [-0.39, 0.29) is 0 Å². The van der Waals surface area contributed by atoms with Crippen molar-refractivity contribution in [2.75, 3.05) is 11.5 Å². The Morgan fingerprint density at radius 1 is 0.818 bits per heavy atom. The predicted molar refractivity (Wildman–Crippen MR) is 60.6 cm³/mol. The molecule has 0 heterocycles. The van der Waals surface area contributed by atoms with Gasteiger partial charge >= 0.3 is 31.1 Å². The van der Waals surface area contributed by atoms with Crippen LogP contribution in [0, 0.1) is 0 Å². The maximum absolute atomic E-state index is 12.3. The lowest BCUT2D eigenvalue weighted by molar-refractivity contribution is -0.227. The minimum Gasteiger partial charge on any atom is -0.228 e. The molecule has 0 unspecified atom stereocenters. The molecule has 0 aliphatic rings. The molecule has 0 aliphatic carbocycles. The van der Waals surface area contributed by atoms with Crippen molar-refractivity contribution in [1.82, 2.24) is 0 Å². The Balaban J connectivity index is 6.49. The van der Waals surface area contributed by atoms with Crippen LogP contribution in [-0.4, -0.2) is 57.4 Å². The van der Waals surface area contributed by atoms with Crippen molar-refractivity contribution in [2.45, 2.75) is 17.9 Å². The van der Waals surface area contributed by atoms with Gasteiger partial charge in [0.2, 0.25) is 0 Å². The highest BCUT2D eigenvalue weighted by Crippen LogP contribution is 2.31. The molecule has 0 radical (unpaired) electrons. The topological polar surface area (TPSA) is 105 Å². The molecule has 0 N–H and O–H groups in total. The number of sulfone groups is 1. The Kier molecular flexibility index (Phi) is 5.71. The summed E-state index contributed by atoms with van der Waals surface area (Å²) < 4.78 is 137. The van der Waals surface area contributed by atoms with Crippen LogP contribution in [0.4, 0.5) is 26.3 Å². The van der Waals surface area contributed by atoms with Gasteiger partial charge in [-0.1, -0.05) is 6.92 Å². The third-order valence-corrected chi connectivity index (χ3v) is 7.11.